The second-order valence-electron chi connectivity index (χ2n) is 17.4. The average molecular weight is 1120 g/mol. The number of nitrogens with zero attached hydrogens (tertiary/aromatic N) is 3. The minimum absolute atomic E-state index is 0. The molecule has 2 amide bonds. The predicted molar refractivity (Wildman–Crippen MR) is 242 cm³/mol. The molecule has 0 spiro atoms. The molecule has 1 aliphatic heterocycles. The number of hydrogen-bond donors (Lipinski definition) is 2. The first kappa shape index (κ1) is 54.0. The van der Waals surface area contributed by atoms with E-state index in [9.17, 15) is 35.6 Å². The van der Waals surface area contributed by atoms with E-state index in [1.165, 1.54) is 12.1 Å². The van der Waals surface area contributed by atoms with Gasteiger partial charge in [-0.15, -0.1) is 0 Å². The maximum atomic E-state index is 13.7. The summed E-state index contributed by atoms with van der Waals surface area (Å²) in [6.07, 6.45) is 8.08. The number of amides is 2. The summed E-state index contributed by atoms with van der Waals surface area (Å²) in [6.45, 7) is 3.73. The van der Waals surface area contributed by atoms with Gasteiger partial charge in [-0.3, -0.25) is 23.6 Å². The van der Waals surface area contributed by atoms with Crippen LogP contribution in [0, 0.1) is 70.6 Å². The van der Waals surface area contributed by atoms with Gasteiger partial charge in [-0.25, -0.2) is 22.5 Å². The Labute approximate surface area is 459 Å². The van der Waals surface area contributed by atoms with Gasteiger partial charge in [-0.1, -0.05) is 37.0 Å². The molecule has 13 nitrogen and oxygen atoms in total. The Kier molecular flexibility index (Phi) is 18.5. The molecule has 5 aliphatic rings. The minimum atomic E-state index is -3.40. The molecule has 68 heavy (non-hydrogen) atoms. The van der Waals surface area contributed by atoms with Gasteiger partial charge in [0.25, 0.3) is 16.6 Å². The number of anilines is 2. The zero-order chi connectivity index (χ0) is 48.3. The van der Waals surface area contributed by atoms with Crippen LogP contribution in [0.4, 0.5) is 34.6 Å². The first-order valence-electron chi connectivity index (χ1n) is 21.4. The Balaban J connectivity index is 0.000000173. The summed E-state index contributed by atoms with van der Waals surface area (Å²) < 4.78 is 81.5. The molecule has 21 heteroatoms. The molecule has 0 saturated heterocycles. The van der Waals surface area contributed by atoms with Crippen molar-refractivity contribution in [2.45, 2.75) is 58.1 Å². The van der Waals surface area contributed by atoms with Crippen LogP contribution in [0.2, 0.25) is 10.0 Å². The van der Waals surface area contributed by atoms with Crippen LogP contribution in [0.15, 0.2) is 84.1 Å². The van der Waals surface area contributed by atoms with Crippen LogP contribution in [0.5, 0.6) is 0 Å². The van der Waals surface area contributed by atoms with Crippen molar-refractivity contribution >= 4 is 85.9 Å². The van der Waals surface area contributed by atoms with E-state index in [1.54, 1.807) is 61.1 Å². The summed E-state index contributed by atoms with van der Waals surface area (Å²) in [5.41, 5.74) is 3.87. The van der Waals surface area contributed by atoms with Crippen molar-refractivity contribution in [3.8, 4) is 0 Å². The van der Waals surface area contributed by atoms with Gasteiger partial charge in [0.2, 0.25) is 11.8 Å². The van der Waals surface area contributed by atoms with E-state index in [0.717, 1.165) is 61.0 Å². The van der Waals surface area contributed by atoms with E-state index < -0.39 is 33.4 Å². The van der Waals surface area contributed by atoms with Gasteiger partial charge < -0.3 is 25.3 Å². The second-order valence-corrected chi connectivity index (χ2v) is 19.9. The number of aromatic nitrogens is 2. The van der Waals surface area contributed by atoms with E-state index in [-0.39, 0.29) is 111 Å². The van der Waals surface area contributed by atoms with Crippen molar-refractivity contribution in [3.05, 3.63) is 118 Å². The Morgan fingerprint density at radius 1 is 0.779 bits per heavy atom. The standard InChI is InChI=1S/C22H20ClF2N3O.C16H20ClNO4S.C8H5F2N.CH2O3.Cs/c1-11(22(29)27-13-4-2-12(23)3-5-13)21-15-6-14(7-16(15)21)28-10-26-19-8-17(24)18(25)9-20(19)28;1-9(16(19)18-11-5-3-10(17)4-6-11)15-13-7-12(8-14(13)15)22-23(2,20)21;9-6-3-5-1-2-11-8(5)4-7(6)10;2-1-4-3;/h2-5,8-11,14-16,21H,6-7H2,1H3,(H,27,29);3-6,9,12-15H,7-8H2,1-2H3,(H,18,19);2-4H,1H2;1,3H;/q;;;;+1/p-1/t11?,14?,15-,16+,21?;9?,12?,13-,14+,15?;;;. The fraction of sp³-hybridized carbons (Fsp3) is 0.383. The van der Waals surface area contributed by atoms with Gasteiger partial charge >= 0.3 is 68.9 Å². The molecule has 5 aromatic rings. The number of hydrogen-bond acceptors (Lipinski definition) is 10. The third kappa shape index (κ3) is 13.3. The van der Waals surface area contributed by atoms with Crippen molar-refractivity contribution in [3.63, 3.8) is 0 Å². The van der Waals surface area contributed by atoms with Crippen molar-refractivity contribution in [1.29, 1.82) is 0 Å². The summed E-state index contributed by atoms with van der Waals surface area (Å²) in [6, 6.07) is 19.0. The molecular formula is C47H46Cl2CsF4N5O8S. The first-order chi connectivity index (χ1) is 31.8. The van der Waals surface area contributed by atoms with Gasteiger partial charge in [-0.2, -0.15) is 8.42 Å². The van der Waals surface area contributed by atoms with Crippen LogP contribution in [-0.2, 0) is 40.0 Å². The fourth-order valence-corrected chi connectivity index (χ4v) is 11.0. The molecule has 0 bridgehead atoms. The molecule has 6 unspecified atom stereocenters. The number of rotatable bonds is 10. The summed E-state index contributed by atoms with van der Waals surface area (Å²) in [7, 11) is -3.40. The predicted octanol–water partition coefficient (Wildman–Crippen LogP) is 6.02. The Morgan fingerprint density at radius 3 is 1.72 bits per heavy atom. The number of fused-ring (bicyclic) bond motifs is 4. The van der Waals surface area contributed by atoms with E-state index in [1.807, 2.05) is 18.4 Å². The van der Waals surface area contributed by atoms with Gasteiger partial charge in [0.1, 0.15) is 0 Å². The molecule has 1 aromatic heterocycles. The maximum Gasteiger partial charge on any atom is 1.00 e. The smallest absolute Gasteiger partial charge is 0.662 e. The molecule has 10 atom stereocenters. The third-order valence-electron chi connectivity index (χ3n) is 13.2. The number of imidazole rings is 1. The SMILES string of the molecule is CC(C(=O)Nc1ccc(Cl)cc1)C1[C@H]2CC(OS(C)(=O)=O)C[C@@H]12.CC(C(=O)Nc1ccc(Cl)cc1)C1[C@H]2CC(n3cnc4cc(F)c(F)cc43)C[C@@H]12.Fc1cc2c(cc1F)N=CC2.O=CO[O-].[Cs+]. The molecule has 2 heterocycles. The quantitative estimate of drug-likeness (QED) is 0.0556. The van der Waals surface area contributed by atoms with Gasteiger partial charge in [-0.05, 0) is 121 Å². The van der Waals surface area contributed by atoms with Gasteiger partial charge in [0.05, 0.1) is 35.4 Å². The normalized spacial score (nSPS) is 24.1. The number of nitrogens with one attached hydrogen (secondary N) is 2. The molecule has 4 fully saturated rings. The summed E-state index contributed by atoms with van der Waals surface area (Å²) >= 11 is 11.7. The number of aliphatic imine (C=N–C) groups is 1. The first-order valence-corrected chi connectivity index (χ1v) is 24.0. The van der Waals surface area contributed by atoms with Crippen molar-refractivity contribution in [1.82, 2.24) is 9.55 Å². The Morgan fingerprint density at radius 2 is 1.24 bits per heavy atom. The van der Waals surface area contributed by atoms with Crippen LogP contribution in [0.1, 0.15) is 51.1 Å². The van der Waals surface area contributed by atoms with E-state index >= 15 is 0 Å². The number of benzene rings is 4. The number of carbonyl (C=O) groups is 3. The zero-order valence-corrected chi connectivity index (χ0v) is 45.9. The second kappa shape index (κ2) is 23.3. The van der Waals surface area contributed by atoms with Gasteiger partial charge in [0, 0.05) is 70.1 Å². The summed E-state index contributed by atoms with van der Waals surface area (Å²) in [4.78, 5) is 44.3. The molecule has 0 radical (unpaired) electrons. The molecule has 4 aromatic carbocycles. The largest absolute Gasteiger partial charge is 1.00 e. The zero-order valence-electron chi connectivity index (χ0n) is 37.3. The van der Waals surface area contributed by atoms with E-state index in [2.05, 4.69) is 25.5 Å². The van der Waals surface area contributed by atoms with Crippen molar-refractivity contribution in [2.24, 2.45) is 52.3 Å². The molecule has 4 saturated carbocycles. The Bertz CT molecular complexity index is 2750. The summed E-state index contributed by atoms with van der Waals surface area (Å²) in [5, 5.41) is 15.6. The van der Waals surface area contributed by atoms with Gasteiger partial charge in [0.15, 0.2) is 23.3 Å². The molecule has 356 valence electrons. The van der Waals surface area contributed by atoms with Crippen molar-refractivity contribution < 1.29 is 124 Å². The van der Waals surface area contributed by atoms with Crippen molar-refractivity contribution in [2.75, 3.05) is 16.9 Å². The van der Waals surface area contributed by atoms with Crippen LogP contribution in [0.3, 0.4) is 0 Å². The maximum absolute atomic E-state index is 13.7. The average Bonchev–Trinajstić information content (AvgIpc) is 3.67. The number of halogens is 6. The topological polar surface area (TPSA) is 181 Å². The third-order valence-corrected chi connectivity index (χ3v) is 14.3. The Hall–Kier alpha value is -3.35. The molecule has 2 N–H and O–H groups in total. The van der Waals surface area contributed by atoms with Crippen LogP contribution in [-0.4, -0.2) is 54.8 Å². The van der Waals surface area contributed by atoms with Crippen LogP contribution in [0.25, 0.3) is 11.0 Å². The monoisotopic (exact) mass is 1120 g/mol. The minimum Gasteiger partial charge on any atom is -0.662 e. The molecule has 4 aliphatic carbocycles. The van der Waals surface area contributed by atoms with Crippen LogP contribution >= 0.6 is 23.2 Å². The summed E-state index contributed by atoms with van der Waals surface area (Å²) in [5.74, 6) is -1.08. The molecular weight excluding hydrogens is 1070 g/mol. The molecule has 10 rings (SSSR count). The van der Waals surface area contributed by atoms with E-state index in [4.69, 9.17) is 37.4 Å². The fourth-order valence-electron chi connectivity index (χ4n) is 10.1. The van der Waals surface area contributed by atoms with E-state index in [0.29, 0.717) is 68.7 Å². The number of carbonyl (C=O) groups excluding carboxylic acids is 3. The van der Waals surface area contributed by atoms with Crippen LogP contribution < -0.4 is 84.8 Å².